The van der Waals surface area contributed by atoms with Gasteiger partial charge in [0.1, 0.15) is 41.5 Å². The number of ether oxygens (including phenoxy) is 4. The van der Waals surface area contributed by atoms with Crippen LogP contribution in [0.5, 0.6) is 5.75 Å². The van der Waals surface area contributed by atoms with Crippen molar-refractivity contribution >= 4 is 17.9 Å². The van der Waals surface area contributed by atoms with Gasteiger partial charge >= 0.3 is 23.5 Å². The van der Waals surface area contributed by atoms with Crippen LogP contribution in [0.2, 0.25) is 0 Å². The summed E-state index contributed by atoms with van der Waals surface area (Å²) in [5.41, 5.74) is -3.09. The normalized spacial score (nSPS) is 33.9. The smallest absolute Gasteiger partial charge is 0.345 e. The Balaban J connectivity index is 1.66. The van der Waals surface area contributed by atoms with E-state index in [1.807, 2.05) is 20.8 Å². The number of aromatic nitrogens is 1. The van der Waals surface area contributed by atoms with Gasteiger partial charge in [0.2, 0.25) is 0 Å². The van der Waals surface area contributed by atoms with Crippen molar-refractivity contribution in [1.29, 1.82) is 0 Å². The fourth-order valence-electron chi connectivity index (χ4n) is 8.12. The zero-order valence-corrected chi connectivity index (χ0v) is 26.1. The van der Waals surface area contributed by atoms with Gasteiger partial charge in [-0.3, -0.25) is 19.4 Å². The molecule has 44 heavy (non-hydrogen) atoms. The number of carbonyl (C=O) groups is 3. The van der Waals surface area contributed by atoms with Crippen molar-refractivity contribution in [1.82, 2.24) is 4.98 Å². The van der Waals surface area contributed by atoms with Crippen LogP contribution in [-0.2, 0) is 28.6 Å². The van der Waals surface area contributed by atoms with E-state index in [9.17, 15) is 24.3 Å². The van der Waals surface area contributed by atoms with Gasteiger partial charge in [0.05, 0.1) is 6.10 Å². The number of hydrogen-bond donors (Lipinski definition) is 1. The molecule has 8 atom stereocenters. The number of aliphatic hydroxyl groups excluding tert-OH is 1. The molecule has 1 N–H and O–H groups in total. The summed E-state index contributed by atoms with van der Waals surface area (Å²) in [7, 11) is 0. The molecular weight excluding hydrogens is 570 g/mol. The SMILES string of the molecule is CCC(=O)O[C@H]1CC[C@]2(C)[C@H]3[C@@H](O)c4c(cc(-c5cccnc5)oc4=O)O[C@]3(C)[C@@H](OC(=O)CC)C[C@H]2C1(C)COC(C)=O. The predicted octanol–water partition coefficient (Wildman–Crippen LogP) is 4.54. The summed E-state index contributed by atoms with van der Waals surface area (Å²) in [6.45, 7) is 10.4. The number of nitrogens with zero attached hydrogens (tertiary/aromatic N) is 1. The van der Waals surface area contributed by atoms with Gasteiger partial charge in [0, 0.05) is 55.1 Å². The largest absolute Gasteiger partial charge is 0.482 e. The number of rotatable bonds is 7. The van der Waals surface area contributed by atoms with E-state index in [2.05, 4.69) is 4.98 Å². The molecule has 3 aliphatic rings. The van der Waals surface area contributed by atoms with Crippen LogP contribution < -0.4 is 10.4 Å². The molecule has 2 aromatic rings. The summed E-state index contributed by atoms with van der Waals surface area (Å²) in [5, 5.41) is 12.2. The molecule has 2 aliphatic carbocycles. The molecule has 0 radical (unpaired) electrons. The van der Waals surface area contributed by atoms with E-state index in [-0.39, 0.29) is 54.8 Å². The van der Waals surface area contributed by atoms with E-state index in [1.54, 1.807) is 44.4 Å². The van der Waals surface area contributed by atoms with Gasteiger partial charge in [-0.25, -0.2) is 4.79 Å². The van der Waals surface area contributed by atoms with Crippen molar-refractivity contribution in [2.75, 3.05) is 6.61 Å². The average Bonchev–Trinajstić information content (AvgIpc) is 2.98. The Morgan fingerprint density at radius 2 is 1.77 bits per heavy atom. The number of fused-ring (bicyclic) bond motifs is 4. The number of hydrogen-bond acceptors (Lipinski definition) is 11. The van der Waals surface area contributed by atoms with E-state index >= 15 is 0 Å². The van der Waals surface area contributed by atoms with Crippen LogP contribution >= 0.6 is 0 Å². The third-order valence-electron chi connectivity index (χ3n) is 10.2. The Morgan fingerprint density at radius 1 is 1.09 bits per heavy atom. The first kappa shape index (κ1) is 31.7. The van der Waals surface area contributed by atoms with E-state index in [4.69, 9.17) is 23.4 Å². The Labute approximate surface area is 256 Å². The first-order chi connectivity index (χ1) is 20.8. The van der Waals surface area contributed by atoms with Gasteiger partial charge in [0.25, 0.3) is 0 Å². The van der Waals surface area contributed by atoms with Crippen LogP contribution in [-0.4, -0.2) is 52.4 Å². The summed E-state index contributed by atoms with van der Waals surface area (Å²) in [6, 6.07) is 5.02. The highest BCUT2D eigenvalue weighted by molar-refractivity contribution is 5.70. The number of aliphatic hydroxyl groups is 1. The lowest BCUT2D eigenvalue weighted by Gasteiger charge is -2.66. The van der Waals surface area contributed by atoms with Crippen LogP contribution in [0.4, 0.5) is 0 Å². The van der Waals surface area contributed by atoms with E-state index in [0.717, 1.165) is 0 Å². The lowest BCUT2D eigenvalue weighted by atomic mass is 9.42. The number of esters is 3. The lowest BCUT2D eigenvalue weighted by molar-refractivity contribution is -0.271. The van der Waals surface area contributed by atoms with E-state index in [1.165, 1.54) is 6.92 Å². The highest BCUT2D eigenvalue weighted by Crippen LogP contribution is 2.67. The van der Waals surface area contributed by atoms with Crippen LogP contribution in [0.3, 0.4) is 0 Å². The first-order valence-electron chi connectivity index (χ1n) is 15.3. The molecule has 2 aromatic heterocycles. The van der Waals surface area contributed by atoms with Gasteiger partial charge in [-0.1, -0.05) is 27.7 Å². The van der Waals surface area contributed by atoms with Crippen molar-refractivity contribution < 1.29 is 42.9 Å². The van der Waals surface area contributed by atoms with Gasteiger partial charge in [-0.2, -0.15) is 0 Å². The maximum Gasteiger partial charge on any atom is 0.345 e. The monoisotopic (exact) mass is 611 g/mol. The van der Waals surface area contributed by atoms with Crippen LogP contribution in [0.1, 0.15) is 85.3 Å². The Morgan fingerprint density at radius 3 is 2.39 bits per heavy atom. The molecule has 0 spiro atoms. The summed E-state index contributed by atoms with van der Waals surface area (Å²) < 4.78 is 29.9. The second-order valence-corrected chi connectivity index (χ2v) is 12.9. The molecule has 5 rings (SSSR count). The molecule has 0 aromatic carbocycles. The Bertz CT molecular complexity index is 1490. The number of carbonyl (C=O) groups excluding carboxylic acids is 3. The van der Waals surface area contributed by atoms with Crippen LogP contribution in [0.25, 0.3) is 11.3 Å². The fraction of sp³-hybridized carbons (Fsp3) is 0.606. The molecule has 2 fully saturated rings. The molecule has 11 nitrogen and oxygen atoms in total. The molecule has 1 aliphatic heterocycles. The Hall–Kier alpha value is -3.73. The first-order valence-corrected chi connectivity index (χ1v) is 15.3. The molecule has 1 unspecified atom stereocenters. The van der Waals surface area contributed by atoms with Gasteiger partial charge in [-0.15, -0.1) is 0 Å². The minimum Gasteiger partial charge on any atom is -0.482 e. The third kappa shape index (κ3) is 5.18. The van der Waals surface area contributed by atoms with Gasteiger partial charge in [-0.05, 0) is 49.7 Å². The third-order valence-corrected chi connectivity index (χ3v) is 10.2. The maximum absolute atomic E-state index is 13.5. The summed E-state index contributed by atoms with van der Waals surface area (Å²) in [4.78, 5) is 55.0. The highest BCUT2D eigenvalue weighted by Gasteiger charge is 2.70. The van der Waals surface area contributed by atoms with Crippen LogP contribution in [0.15, 0.2) is 39.8 Å². The molecule has 0 saturated heterocycles. The topological polar surface area (TPSA) is 151 Å². The van der Waals surface area contributed by atoms with Crippen molar-refractivity contribution in [3.63, 3.8) is 0 Å². The van der Waals surface area contributed by atoms with E-state index < -0.39 is 58.2 Å². The minimum atomic E-state index is -1.34. The molecule has 11 heteroatoms. The zero-order chi connectivity index (χ0) is 32.0. The standard InChI is InChI=1S/C33H41NO10/c1-7-25(36)42-23-11-12-31(4)22(32(23,5)17-40-18(3)35)15-24(43-26(37)8-2)33(6)29(31)28(38)27-21(44-33)14-20(41-30(27)39)19-10-9-13-34-16-19/h9-10,13-14,16,22-24,28-29,38H,7-8,11-12,15,17H2,1-6H3/t22-,23+,24+,28+,29-,31+,32?,33-/m1/s1. The van der Waals surface area contributed by atoms with Crippen LogP contribution in [0, 0.1) is 22.7 Å². The van der Waals surface area contributed by atoms with Gasteiger partial charge in [0.15, 0.2) is 0 Å². The van der Waals surface area contributed by atoms with Crippen molar-refractivity contribution in [3.8, 4) is 17.1 Å². The van der Waals surface area contributed by atoms with E-state index in [0.29, 0.717) is 18.4 Å². The van der Waals surface area contributed by atoms with Crippen molar-refractivity contribution in [3.05, 3.63) is 46.6 Å². The molecule has 2 saturated carbocycles. The summed E-state index contributed by atoms with van der Waals surface area (Å²) >= 11 is 0. The summed E-state index contributed by atoms with van der Waals surface area (Å²) in [6.07, 6.45) is 1.87. The average molecular weight is 612 g/mol. The quantitative estimate of drug-likeness (QED) is 0.347. The zero-order valence-electron chi connectivity index (χ0n) is 26.1. The maximum atomic E-state index is 13.5. The molecule has 238 valence electrons. The van der Waals surface area contributed by atoms with Crippen molar-refractivity contribution in [2.24, 2.45) is 22.7 Å². The second kappa shape index (κ2) is 11.6. The number of pyridine rings is 1. The Kier molecular flexibility index (Phi) is 8.39. The highest BCUT2D eigenvalue weighted by atomic mass is 16.6. The summed E-state index contributed by atoms with van der Waals surface area (Å²) in [5.74, 6) is -2.05. The molecular formula is C33H41NO10. The fourth-order valence-corrected chi connectivity index (χ4v) is 8.12. The molecule has 0 bridgehead atoms. The van der Waals surface area contributed by atoms with Crippen molar-refractivity contribution in [2.45, 2.75) is 97.6 Å². The minimum absolute atomic E-state index is 0.0104. The lowest BCUT2D eigenvalue weighted by Crippen LogP contribution is -2.71. The van der Waals surface area contributed by atoms with Gasteiger partial charge < -0.3 is 28.5 Å². The second-order valence-electron chi connectivity index (χ2n) is 12.9. The molecule has 3 heterocycles. The predicted molar refractivity (Wildman–Crippen MR) is 156 cm³/mol. The molecule has 0 amide bonds.